The third-order valence-corrected chi connectivity index (χ3v) is 6.09. The van der Waals surface area contributed by atoms with Gasteiger partial charge < -0.3 is 14.4 Å². The number of anilines is 1. The molecule has 0 fully saturated rings. The van der Waals surface area contributed by atoms with Crippen molar-refractivity contribution >= 4 is 28.9 Å². The minimum absolute atomic E-state index is 0.0166. The number of esters is 2. The normalized spacial score (nSPS) is 12.2. The van der Waals surface area contributed by atoms with Crippen LogP contribution in [0, 0.1) is 0 Å². The smallest absolute Gasteiger partial charge is 0.338 e. The number of carbonyl (C=O) groups excluding carboxylic acids is 2. The Kier molecular flexibility index (Phi) is 10.4. The molecule has 0 heterocycles. The van der Waals surface area contributed by atoms with Crippen LogP contribution in [0.15, 0.2) is 95.6 Å². The van der Waals surface area contributed by atoms with Crippen LogP contribution < -0.4 is 4.90 Å². The average molecular weight is 513 g/mol. The van der Waals surface area contributed by atoms with Crippen LogP contribution in [0.5, 0.6) is 0 Å². The molecule has 0 saturated carbocycles. The van der Waals surface area contributed by atoms with Crippen molar-refractivity contribution in [1.29, 1.82) is 0 Å². The Balaban J connectivity index is 1.85. The van der Waals surface area contributed by atoms with Crippen molar-refractivity contribution in [1.82, 2.24) is 0 Å². The van der Waals surface area contributed by atoms with Gasteiger partial charge in [0.1, 0.15) is 13.2 Å². The summed E-state index contributed by atoms with van der Waals surface area (Å²) in [6, 6.07) is 15.9. The molecular formula is C32H36N2O4. The van der Waals surface area contributed by atoms with Gasteiger partial charge in [0.05, 0.1) is 11.3 Å². The number of hydrogen-bond acceptors (Lipinski definition) is 6. The van der Waals surface area contributed by atoms with Gasteiger partial charge in [-0.05, 0) is 86.4 Å². The summed E-state index contributed by atoms with van der Waals surface area (Å²) in [6.07, 6.45) is 8.21. The van der Waals surface area contributed by atoms with Gasteiger partial charge in [-0.15, -0.1) is 0 Å². The van der Waals surface area contributed by atoms with Gasteiger partial charge >= 0.3 is 11.9 Å². The lowest BCUT2D eigenvalue weighted by Crippen LogP contribution is -2.21. The molecule has 2 aromatic rings. The zero-order chi connectivity index (χ0) is 27.5. The van der Waals surface area contributed by atoms with Crippen LogP contribution in [0.1, 0.15) is 49.2 Å². The summed E-state index contributed by atoms with van der Waals surface area (Å²) in [4.78, 5) is 30.7. The summed E-state index contributed by atoms with van der Waals surface area (Å²) in [5.41, 5.74) is 7.03. The highest BCUT2D eigenvalue weighted by atomic mass is 16.6. The minimum atomic E-state index is -0.505. The average Bonchev–Trinajstić information content (AvgIpc) is 2.94. The molecule has 1 aliphatic carbocycles. The molecule has 0 aliphatic heterocycles. The van der Waals surface area contributed by atoms with E-state index >= 15 is 0 Å². The maximum Gasteiger partial charge on any atom is 0.338 e. The van der Waals surface area contributed by atoms with E-state index in [1.54, 1.807) is 19.1 Å². The van der Waals surface area contributed by atoms with Crippen molar-refractivity contribution in [3.8, 4) is 0 Å². The molecule has 6 heteroatoms. The van der Waals surface area contributed by atoms with E-state index in [0.29, 0.717) is 11.1 Å². The number of allylic oxidation sites excluding steroid dienone is 5. The summed E-state index contributed by atoms with van der Waals surface area (Å²) < 4.78 is 10.2. The zero-order valence-corrected chi connectivity index (χ0v) is 22.7. The fourth-order valence-corrected chi connectivity index (χ4v) is 4.09. The lowest BCUT2D eigenvalue weighted by atomic mass is 9.90. The number of carbonyl (C=O) groups is 2. The molecule has 0 saturated heterocycles. The quantitative estimate of drug-likeness (QED) is 0.204. The molecule has 0 bridgehead atoms. The molecule has 0 spiro atoms. The summed E-state index contributed by atoms with van der Waals surface area (Å²) in [6.45, 7) is 14.0. The molecule has 198 valence electrons. The maximum absolute atomic E-state index is 12.5. The van der Waals surface area contributed by atoms with Gasteiger partial charge in [-0.25, -0.2) is 9.59 Å². The first kappa shape index (κ1) is 28.4. The van der Waals surface area contributed by atoms with Crippen molar-refractivity contribution in [3.05, 3.63) is 107 Å². The molecule has 0 N–H and O–H groups in total. The highest BCUT2D eigenvalue weighted by Crippen LogP contribution is 2.31. The third kappa shape index (κ3) is 7.42. The minimum Gasteiger partial charge on any atom is -0.459 e. The lowest BCUT2D eigenvalue weighted by Gasteiger charge is -2.22. The van der Waals surface area contributed by atoms with Crippen LogP contribution >= 0.6 is 0 Å². The van der Waals surface area contributed by atoms with Crippen molar-refractivity contribution in [2.24, 2.45) is 4.99 Å². The molecule has 3 rings (SSSR count). The first-order valence-electron chi connectivity index (χ1n) is 13.0. The number of rotatable bonds is 11. The van der Waals surface area contributed by atoms with E-state index in [0.717, 1.165) is 47.6 Å². The van der Waals surface area contributed by atoms with Crippen molar-refractivity contribution < 1.29 is 19.1 Å². The molecule has 2 aromatic carbocycles. The maximum atomic E-state index is 12.5. The Labute approximate surface area is 225 Å². The van der Waals surface area contributed by atoms with E-state index in [9.17, 15) is 9.59 Å². The molecule has 38 heavy (non-hydrogen) atoms. The van der Waals surface area contributed by atoms with E-state index in [1.807, 2.05) is 31.2 Å². The molecule has 0 atom stereocenters. The summed E-state index contributed by atoms with van der Waals surface area (Å²) in [7, 11) is 0. The van der Waals surface area contributed by atoms with E-state index in [-0.39, 0.29) is 13.2 Å². The highest BCUT2D eigenvalue weighted by molar-refractivity contribution is 6.07. The molecule has 1 aliphatic rings. The highest BCUT2D eigenvalue weighted by Gasteiger charge is 2.14. The Morgan fingerprint density at radius 1 is 0.789 bits per heavy atom. The second kappa shape index (κ2) is 13.9. The van der Waals surface area contributed by atoms with Crippen LogP contribution in [0.4, 0.5) is 5.69 Å². The Morgan fingerprint density at radius 2 is 1.32 bits per heavy atom. The first-order chi connectivity index (χ1) is 18.4. The number of hydrogen-bond donors (Lipinski definition) is 0. The second-order valence-corrected chi connectivity index (χ2v) is 8.74. The van der Waals surface area contributed by atoms with Gasteiger partial charge in [-0.3, -0.25) is 4.99 Å². The molecule has 0 radical (unpaired) electrons. The largest absolute Gasteiger partial charge is 0.459 e. The third-order valence-electron chi connectivity index (χ3n) is 6.09. The molecule has 0 unspecified atom stereocenters. The Morgan fingerprint density at radius 3 is 1.84 bits per heavy atom. The zero-order valence-electron chi connectivity index (χ0n) is 22.7. The molecule has 6 nitrogen and oxygen atoms in total. The van der Waals surface area contributed by atoms with Crippen molar-refractivity contribution in [2.75, 3.05) is 37.7 Å². The SMILES string of the molecule is C=C(C)C(=O)OCCOC(=O)c1ccc(C(=C2C=CC(=NCC)C=C2)c2ccc(N(CC)CC)cc2)cc1. The van der Waals surface area contributed by atoms with Crippen LogP contribution in [0.3, 0.4) is 0 Å². The summed E-state index contributed by atoms with van der Waals surface area (Å²) in [5, 5.41) is 0. The van der Waals surface area contributed by atoms with Gasteiger partial charge in [-0.1, -0.05) is 43.0 Å². The van der Waals surface area contributed by atoms with Crippen molar-refractivity contribution in [3.63, 3.8) is 0 Å². The monoisotopic (exact) mass is 512 g/mol. The van der Waals surface area contributed by atoms with Gasteiger partial charge in [0.15, 0.2) is 0 Å². The van der Waals surface area contributed by atoms with Gasteiger partial charge in [0.2, 0.25) is 0 Å². The predicted octanol–water partition coefficient (Wildman–Crippen LogP) is 6.20. The Hall–Kier alpha value is -4.19. The molecular weight excluding hydrogens is 476 g/mol. The fraction of sp³-hybridized carbons (Fsp3) is 0.281. The Bertz CT molecular complexity index is 1240. The molecule has 0 amide bonds. The topological polar surface area (TPSA) is 68.2 Å². The second-order valence-electron chi connectivity index (χ2n) is 8.74. The van der Waals surface area contributed by atoms with Gasteiger partial charge in [0.25, 0.3) is 0 Å². The first-order valence-corrected chi connectivity index (χ1v) is 13.0. The van der Waals surface area contributed by atoms with E-state index in [1.165, 1.54) is 5.69 Å². The van der Waals surface area contributed by atoms with Crippen LogP contribution in [-0.4, -0.2) is 50.5 Å². The fourth-order valence-electron chi connectivity index (χ4n) is 4.09. The number of nitrogens with zero attached hydrogens (tertiary/aromatic N) is 2. The van der Waals surface area contributed by atoms with E-state index in [2.05, 4.69) is 66.7 Å². The number of aliphatic imine (C=N–C) groups is 1. The van der Waals surface area contributed by atoms with E-state index < -0.39 is 11.9 Å². The molecule has 0 aromatic heterocycles. The predicted molar refractivity (Wildman–Crippen MR) is 155 cm³/mol. The lowest BCUT2D eigenvalue weighted by molar-refractivity contribution is -0.140. The standard InChI is InChI=1S/C32H36N2O4/c1-6-33-28-17-13-25(14-18-28)30(26-15-19-29(20-16-26)34(7-2)8-3)24-9-11-27(12-10-24)32(36)38-22-21-37-31(35)23(4)5/h9-20H,4,6-8,21-22H2,1-3,5H3. The van der Waals surface area contributed by atoms with Crippen molar-refractivity contribution in [2.45, 2.75) is 27.7 Å². The number of benzene rings is 2. The van der Waals surface area contributed by atoms with Crippen LogP contribution in [0.2, 0.25) is 0 Å². The van der Waals surface area contributed by atoms with Crippen LogP contribution in [0.25, 0.3) is 5.57 Å². The van der Waals surface area contributed by atoms with Gasteiger partial charge in [0, 0.05) is 30.9 Å². The number of ether oxygens (including phenoxy) is 2. The summed E-state index contributed by atoms with van der Waals surface area (Å²) >= 11 is 0. The van der Waals surface area contributed by atoms with Gasteiger partial charge in [-0.2, -0.15) is 0 Å². The van der Waals surface area contributed by atoms with E-state index in [4.69, 9.17) is 9.47 Å². The van der Waals surface area contributed by atoms with Crippen LogP contribution in [-0.2, 0) is 14.3 Å². The summed E-state index contributed by atoms with van der Waals surface area (Å²) in [5.74, 6) is -0.978.